The summed E-state index contributed by atoms with van der Waals surface area (Å²) >= 11 is 0. The Morgan fingerprint density at radius 2 is 1.91 bits per heavy atom. The van der Waals surface area contributed by atoms with E-state index in [0.29, 0.717) is 22.4 Å². The van der Waals surface area contributed by atoms with Crippen molar-refractivity contribution in [2.75, 3.05) is 0 Å². The van der Waals surface area contributed by atoms with Crippen molar-refractivity contribution in [3.63, 3.8) is 0 Å². The van der Waals surface area contributed by atoms with E-state index >= 15 is 0 Å². The van der Waals surface area contributed by atoms with Crippen LogP contribution in [0.5, 0.6) is 0 Å². The van der Waals surface area contributed by atoms with E-state index in [4.69, 9.17) is 4.84 Å². The molecule has 0 saturated heterocycles. The Bertz CT molecular complexity index is 758. The van der Waals surface area contributed by atoms with Gasteiger partial charge in [0.2, 0.25) is 0 Å². The lowest BCUT2D eigenvalue weighted by atomic mass is 9.90. The van der Waals surface area contributed by atoms with E-state index < -0.39 is 11.8 Å². The van der Waals surface area contributed by atoms with Crippen molar-refractivity contribution >= 4 is 17.5 Å². The number of rotatable bonds is 3. The van der Waals surface area contributed by atoms with Gasteiger partial charge >= 0.3 is 5.97 Å². The zero-order valence-corrected chi connectivity index (χ0v) is 13.5. The van der Waals surface area contributed by atoms with Crippen LogP contribution >= 0.6 is 0 Å². The molecule has 1 aliphatic carbocycles. The molecular weight excluding hydrogens is 297 g/mol. The number of ketones is 1. The van der Waals surface area contributed by atoms with Crippen molar-refractivity contribution in [1.82, 2.24) is 0 Å². The molecule has 1 aromatic rings. The number of hydrogen-bond donors (Lipinski definition) is 0. The molecule has 0 fully saturated rings. The van der Waals surface area contributed by atoms with Gasteiger partial charge in [-0.3, -0.25) is 4.79 Å². The third-order valence-corrected chi connectivity index (χ3v) is 3.60. The van der Waals surface area contributed by atoms with Crippen LogP contribution in [0.2, 0.25) is 0 Å². The first-order valence-electron chi connectivity index (χ1n) is 7.29. The van der Waals surface area contributed by atoms with Crippen LogP contribution in [0.25, 0.3) is 0 Å². The van der Waals surface area contributed by atoms with Gasteiger partial charge in [-0.05, 0) is 55.2 Å². The molecular formula is C18H18FNO3. The van der Waals surface area contributed by atoms with Crippen molar-refractivity contribution in [2.24, 2.45) is 11.1 Å². The molecule has 0 aromatic heterocycles. The molecule has 0 unspecified atom stereocenters. The number of nitrogens with zero attached hydrogens (tertiary/aromatic N) is 1. The molecule has 0 atom stereocenters. The molecule has 0 heterocycles. The van der Waals surface area contributed by atoms with Crippen LogP contribution in [0.1, 0.15) is 36.7 Å². The third-order valence-electron chi connectivity index (χ3n) is 3.60. The highest BCUT2D eigenvalue weighted by Gasteiger charge is 2.20. The summed E-state index contributed by atoms with van der Waals surface area (Å²) in [6.07, 6.45) is 3.09. The predicted octanol–water partition coefficient (Wildman–Crippen LogP) is 3.76. The molecule has 1 aromatic carbocycles. The summed E-state index contributed by atoms with van der Waals surface area (Å²) in [6, 6.07) is 3.88. The van der Waals surface area contributed by atoms with Gasteiger partial charge in [-0.15, -0.1) is 0 Å². The Kier molecular flexibility index (Phi) is 4.89. The molecule has 0 radical (unpaired) electrons. The summed E-state index contributed by atoms with van der Waals surface area (Å²) in [5, 5.41) is 3.83. The molecule has 4 nitrogen and oxygen atoms in total. The average molecular weight is 315 g/mol. The Morgan fingerprint density at radius 1 is 1.22 bits per heavy atom. The zero-order chi connectivity index (χ0) is 17.1. The van der Waals surface area contributed by atoms with Gasteiger partial charge in [-0.2, -0.15) is 0 Å². The van der Waals surface area contributed by atoms with Crippen LogP contribution in [0.3, 0.4) is 0 Å². The highest BCUT2D eigenvalue weighted by atomic mass is 19.1. The first kappa shape index (κ1) is 16.8. The Labute approximate surface area is 134 Å². The van der Waals surface area contributed by atoms with Crippen LogP contribution in [0, 0.1) is 18.7 Å². The van der Waals surface area contributed by atoms with Gasteiger partial charge in [0.25, 0.3) is 0 Å². The molecule has 2 rings (SSSR count). The van der Waals surface area contributed by atoms with E-state index in [-0.39, 0.29) is 17.3 Å². The lowest BCUT2D eigenvalue weighted by Gasteiger charge is -2.14. The maximum absolute atomic E-state index is 13.2. The van der Waals surface area contributed by atoms with E-state index in [1.165, 1.54) is 18.2 Å². The van der Waals surface area contributed by atoms with Gasteiger partial charge in [-0.1, -0.05) is 25.1 Å². The zero-order valence-electron chi connectivity index (χ0n) is 13.5. The van der Waals surface area contributed by atoms with Gasteiger partial charge in [0.15, 0.2) is 5.78 Å². The molecule has 0 N–H and O–H groups in total. The van der Waals surface area contributed by atoms with E-state index in [9.17, 15) is 14.0 Å². The summed E-state index contributed by atoms with van der Waals surface area (Å²) in [7, 11) is 0. The highest BCUT2D eigenvalue weighted by Crippen LogP contribution is 2.20. The highest BCUT2D eigenvalue weighted by molar-refractivity contribution is 6.21. The first-order chi connectivity index (χ1) is 10.8. The van der Waals surface area contributed by atoms with Gasteiger partial charge in [0.05, 0.1) is 5.56 Å². The second-order valence-electron chi connectivity index (χ2n) is 5.76. The van der Waals surface area contributed by atoms with Crippen LogP contribution in [0.4, 0.5) is 4.39 Å². The van der Waals surface area contributed by atoms with Gasteiger partial charge < -0.3 is 4.84 Å². The van der Waals surface area contributed by atoms with E-state index in [1.807, 2.05) is 13.8 Å². The number of hydrogen-bond acceptors (Lipinski definition) is 4. The fourth-order valence-electron chi connectivity index (χ4n) is 2.19. The normalized spacial score (nSPS) is 16.4. The van der Waals surface area contributed by atoms with E-state index in [1.54, 1.807) is 19.9 Å². The van der Waals surface area contributed by atoms with E-state index in [0.717, 1.165) is 6.07 Å². The molecule has 0 amide bonds. The fraction of sp³-hybridized carbons (Fsp3) is 0.278. The molecule has 23 heavy (non-hydrogen) atoms. The second-order valence-corrected chi connectivity index (χ2v) is 5.76. The van der Waals surface area contributed by atoms with Crippen molar-refractivity contribution in [1.29, 1.82) is 0 Å². The van der Waals surface area contributed by atoms with Crippen LogP contribution in [0.15, 0.2) is 46.7 Å². The van der Waals surface area contributed by atoms with Crippen LogP contribution in [-0.4, -0.2) is 17.5 Å². The lowest BCUT2D eigenvalue weighted by Crippen LogP contribution is -2.16. The van der Waals surface area contributed by atoms with Gasteiger partial charge in [-0.25, -0.2) is 9.18 Å². The van der Waals surface area contributed by atoms with Gasteiger partial charge in [0.1, 0.15) is 11.5 Å². The second kappa shape index (κ2) is 6.69. The summed E-state index contributed by atoms with van der Waals surface area (Å²) in [5.74, 6) is -1.28. The summed E-state index contributed by atoms with van der Waals surface area (Å²) in [4.78, 5) is 28.9. The minimum Gasteiger partial charge on any atom is -0.312 e. The number of carbonyl (C=O) groups is 2. The molecule has 0 saturated carbocycles. The molecule has 0 aliphatic heterocycles. The predicted molar refractivity (Wildman–Crippen MR) is 85.7 cm³/mol. The largest absolute Gasteiger partial charge is 0.366 e. The summed E-state index contributed by atoms with van der Waals surface area (Å²) in [5.41, 5.74) is 2.35. The number of halogens is 1. The Hall–Kier alpha value is -2.56. The molecule has 0 bridgehead atoms. The third kappa shape index (κ3) is 3.80. The maximum atomic E-state index is 13.2. The number of oxime groups is 1. The molecule has 5 heteroatoms. The minimum atomic E-state index is -0.737. The van der Waals surface area contributed by atoms with Crippen molar-refractivity contribution in [2.45, 2.75) is 27.7 Å². The fourth-order valence-corrected chi connectivity index (χ4v) is 2.19. The summed E-state index contributed by atoms with van der Waals surface area (Å²) in [6.45, 7) is 7.20. The average Bonchev–Trinajstić information content (AvgIpc) is 2.48. The van der Waals surface area contributed by atoms with E-state index in [2.05, 4.69) is 5.16 Å². The molecule has 120 valence electrons. The quantitative estimate of drug-likeness (QED) is 0.485. The SMILES string of the molecule is CC1=CC(=O)C(C(C)C)=C/C1=N/OC(=O)c1cc(F)ccc1C. The number of aryl methyl sites for hydroxylation is 1. The van der Waals surface area contributed by atoms with Crippen molar-refractivity contribution < 1.29 is 18.8 Å². The monoisotopic (exact) mass is 315 g/mol. The van der Waals surface area contributed by atoms with Gasteiger partial charge in [0, 0.05) is 5.57 Å². The molecule has 1 aliphatic rings. The topological polar surface area (TPSA) is 55.7 Å². The number of benzene rings is 1. The maximum Gasteiger partial charge on any atom is 0.366 e. The minimum absolute atomic E-state index is 0.0400. The Morgan fingerprint density at radius 3 is 2.57 bits per heavy atom. The molecule has 0 spiro atoms. The van der Waals surface area contributed by atoms with Crippen LogP contribution < -0.4 is 0 Å². The summed E-state index contributed by atoms with van der Waals surface area (Å²) < 4.78 is 13.2. The van der Waals surface area contributed by atoms with Crippen molar-refractivity contribution in [3.8, 4) is 0 Å². The number of carbonyl (C=O) groups excluding carboxylic acids is 2. The first-order valence-corrected chi connectivity index (χ1v) is 7.29. The lowest BCUT2D eigenvalue weighted by molar-refractivity contribution is -0.111. The number of allylic oxidation sites excluding steroid dienone is 4. The smallest absolute Gasteiger partial charge is 0.312 e. The Balaban J connectivity index is 2.25. The standard InChI is InChI=1S/C18H18FNO3/c1-10(2)14-9-16(12(4)7-17(14)21)20-23-18(22)15-8-13(19)6-5-11(15)3/h5-10H,1-4H3/b20-16-. The van der Waals surface area contributed by atoms with Crippen molar-refractivity contribution in [3.05, 3.63) is 58.4 Å². The van der Waals surface area contributed by atoms with Crippen LogP contribution in [-0.2, 0) is 9.63 Å².